The second kappa shape index (κ2) is 3.95. The second-order valence-electron chi connectivity index (χ2n) is 3.41. The molecule has 2 rings (SSSR count). The van der Waals surface area contributed by atoms with Crippen LogP contribution in [-0.2, 0) is 18.1 Å². The van der Waals surface area contributed by atoms with E-state index in [1.54, 1.807) is 0 Å². The Bertz CT molecular complexity index is 368. The number of phosphoric ester groups is 1. The van der Waals surface area contributed by atoms with Gasteiger partial charge in [-0.25, -0.2) is 4.57 Å². The van der Waals surface area contributed by atoms with Crippen LogP contribution in [0.25, 0.3) is 0 Å². The van der Waals surface area contributed by atoms with Gasteiger partial charge < -0.3 is 4.52 Å². The average molecular weight is 251 g/mol. The summed E-state index contributed by atoms with van der Waals surface area (Å²) in [6.45, 7) is 0. The Hall–Kier alpha value is -0.280. The predicted molar refractivity (Wildman–Crippen MR) is 56.3 cm³/mol. The molecular formula is C9H12ClO4P. The van der Waals surface area contributed by atoms with E-state index in [2.05, 4.69) is 9.05 Å². The molecule has 0 bridgehead atoms. The highest BCUT2D eigenvalue weighted by atomic mass is 35.5. The molecule has 0 radical (unpaired) electrons. The van der Waals surface area contributed by atoms with Gasteiger partial charge in [0.05, 0.1) is 5.03 Å². The second-order valence-corrected chi connectivity index (χ2v) is 5.63. The van der Waals surface area contributed by atoms with Crippen LogP contribution in [-0.4, -0.2) is 14.2 Å². The third-order valence-corrected chi connectivity index (χ3v) is 4.47. The maximum absolute atomic E-state index is 11.7. The molecule has 84 valence electrons. The molecule has 0 aromatic heterocycles. The van der Waals surface area contributed by atoms with Crippen molar-refractivity contribution in [3.63, 3.8) is 0 Å². The number of halogens is 1. The summed E-state index contributed by atoms with van der Waals surface area (Å²) >= 11 is 6.02. The molecule has 0 aromatic rings. The van der Waals surface area contributed by atoms with Crippen LogP contribution < -0.4 is 0 Å². The van der Waals surface area contributed by atoms with Crippen LogP contribution in [0.5, 0.6) is 0 Å². The molecule has 2 atom stereocenters. The van der Waals surface area contributed by atoms with Gasteiger partial charge in [0.15, 0.2) is 0 Å². The first kappa shape index (κ1) is 11.2. The molecule has 2 aliphatic rings. The van der Waals surface area contributed by atoms with Gasteiger partial charge in [0.2, 0.25) is 0 Å². The molecule has 0 aliphatic heterocycles. The highest BCUT2D eigenvalue weighted by Crippen LogP contribution is 2.58. The van der Waals surface area contributed by atoms with E-state index < -0.39 is 7.82 Å². The van der Waals surface area contributed by atoms with Crippen LogP contribution in [0.1, 0.15) is 6.42 Å². The Morgan fingerprint density at radius 1 is 1.47 bits per heavy atom. The molecule has 2 aliphatic carbocycles. The number of rotatable bonds is 4. The molecular weight excluding hydrogens is 239 g/mol. The predicted octanol–water partition coefficient (Wildman–Crippen LogP) is 3.06. The fourth-order valence-corrected chi connectivity index (χ4v) is 3.01. The van der Waals surface area contributed by atoms with Crippen molar-refractivity contribution < 1.29 is 18.1 Å². The lowest BCUT2D eigenvalue weighted by Crippen LogP contribution is -2.25. The van der Waals surface area contributed by atoms with Gasteiger partial charge in [0.25, 0.3) is 0 Å². The van der Waals surface area contributed by atoms with Crippen LogP contribution in [0.3, 0.4) is 0 Å². The van der Waals surface area contributed by atoms with Gasteiger partial charge in [-0.15, -0.1) is 0 Å². The van der Waals surface area contributed by atoms with Gasteiger partial charge >= 0.3 is 7.82 Å². The van der Waals surface area contributed by atoms with Gasteiger partial charge in [-0.2, -0.15) is 0 Å². The van der Waals surface area contributed by atoms with Crippen LogP contribution in [0.2, 0.25) is 0 Å². The standard InChI is InChI=1S/C9H12ClO4P/c1-12-15(11,13-2)14-9-7-5-3-4-6(7)8(9)10/h3,5-7H,4H2,1-2H3. The molecule has 0 saturated heterocycles. The van der Waals surface area contributed by atoms with E-state index in [0.717, 1.165) is 6.42 Å². The SMILES string of the molecule is COP(=O)(OC)OC1=C(Cl)C2CC=CC12. The van der Waals surface area contributed by atoms with E-state index in [-0.39, 0.29) is 5.92 Å². The van der Waals surface area contributed by atoms with Gasteiger partial charge in [0.1, 0.15) is 5.76 Å². The lowest BCUT2D eigenvalue weighted by atomic mass is 9.82. The quantitative estimate of drug-likeness (QED) is 0.568. The average Bonchev–Trinajstić information content (AvgIpc) is 2.70. The van der Waals surface area contributed by atoms with Crippen molar-refractivity contribution >= 4 is 19.4 Å². The molecule has 0 N–H and O–H groups in total. The topological polar surface area (TPSA) is 44.8 Å². The highest BCUT2D eigenvalue weighted by Gasteiger charge is 2.45. The first-order valence-corrected chi connectivity index (χ1v) is 6.42. The fourth-order valence-electron chi connectivity index (χ4n) is 1.80. The Kier molecular flexibility index (Phi) is 2.95. The van der Waals surface area contributed by atoms with Crippen molar-refractivity contribution in [3.05, 3.63) is 22.9 Å². The zero-order valence-electron chi connectivity index (χ0n) is 8.47. The van der Waals surface area contributed by atoms with Crippen molar-refractivity contribution in [2.24, 2.45) is 11.8 Å². The van der Waals surface area contributed by atoms with E-state index in [1.165, 1.54) is 14.2 Å². The lowest BCUT2D eigenvalue weighted by Gasteiger charge is -2.33. The maximum Gasteiger partial charge on any atom is 0.529 e. The van der Waals surface area contributed by atoms with Crippen molar-refractivity contribution in [2.75, 3.05) is 14.2 Å². The summed E-state index contributed by atoms with van der Waals surface area (Å²) in [5.74, 6) is 0.947. The minimum Gasteiger partial charge on any atom is -0.407 e. The third-order valence-electron chi connectivity index (χ3n) is 2.69. The van der Waals surface area contributed by atoms with Crippen LogP contribution >= 0.6 is 19.4 Å². The maximum atomic E-state index is 11.7. The summed E-state index contributed by atoms with van der Waals surface area (Å²) in [5, 5.41) is 0.624. The summed E-state index contributed by atoms with van der Waals surface area (Å²) < 4.78 is 26.3. The molecule has 15 heavy (non-hydrogen) atoms. The van der Waals surface area contributed by atoms with E-state index in [0.29, 0.717) is 16.7 Å². The van der Waals surface area contributed by atoms with Gasteiger partial charge in [-0.05, 0) is 6.42 Å². The summed E-state index contributed by atoms with van der Waals surface area (Å²) in [5.41, 5.74) is 0. The molecule has 0 saturated carbocycles. The molecule has 4 nitrogen and oxygen atoms in total. The van der Waals surface area contributed by atoms with Gasteiger partial charge in [-0.1, -0.05) is 23.8 Å². The minimum absolute atomic E-state index is 0.135. The van der Waals surface area contributed by atoms with E-state index in [9.17, 15) is 4.57 Å². The molecule has 6 heteroatoms. The summed E-state index contributed by atoms with van der Waals surface area (Å²) in [6, 6.07) is 0. The largest absolute Gasteiger partial charge is 0.529 e. The van der Waals surface area contributed by atoms with Crippen LogP contribution in [0.15, 0.2) is 22.9 Å². The van der Waals surface area contributed by atoms with Crippen LogP contribution in [0.4, 0.5) is 0 Å². The van der Waals surface area contributed by atoms with E-state index >= 15 is 0 Å². The normalized spacial score (nSPS) is 29.0. The van der Waals surface area contributed by atoms with Crippen molar-refractivity contribution in [1.82, 2.24) is 0 Å². The Morgan fingerprint density at radius 3 is 2.73 bits per heavy atom. The monoisotopic (exact) mass is 250 g/mol. The smallest absolute Gasteiger partial charge is 0.407 e. The summed E-state index contributed by atoms with van der Waals surface area (Å²) in [6.07, 6.45) is 4.96. The first-order valence-electron chi connectivity index (χ1n) is 4.58. The minimum atomic E-state index is -3.47. The van der Waals surface area contributed by atoms with Gasteiger partial charge in [-0.3, -0.25) is 9.05 Å². The number of allylic oxidation sites excluding steroid dienone is 3. The zero-order chi connectivity index (χ0) is 11.1. The molecule has 0 fully saturated rings. The van der Waals surface area contributed by atoms with Crippen molar-refractivity contribution in [3.8, 4) is 0 Å². The lowest BCUT2D eigenvalue weighted by molar-refractivity contribution is 0.158. The number of hydrogen-bond donors (Lipinski definition) is 0. The highest BCUT2D eigenvalue weighted by molar-refractivity contribution is 7.48. The van der Waals surface area contributed by atoms with Crippen molar-refractivity contribution in [2.45, 2.75) is 6.42 Å². The van der Waals surface area contributed by atoms with E-state index in [1.807, 2.05) is 12.2 Å². The van der Waals surface area contributed by atoms with E-state index in [4.69, 9.17) is 16.1 Å². The molecule has 0 spiro atoms. The van der Waals surface area contributed by atoms with Crippen molar-refractivity contribution in [1.29, 1.82) is 0 Å². The summed E-state index contributed by atoms with van der Waals surface area (Å²) in [7, 11) is -0.911. The number of fused-ring (bicyclic) bond motifs is 1. The van der Waals surface area contributed by atoms with Gasteiger partial charge in [0, 0.05) is 26.1 Å². The Balaban J connectivity index is 2.13. The Morgan fingerprint density at radius 2 is 2.13 bits per heavy atom. The third kappa shape index (κ3) is 1.76. The molecule has 0 aromatic carbocycles. The molecule has 0 heterocycles. The first-order chi connectivity index (χ1) is 7.11. The number of phosphoric acid groups is 1. The van der Waals surface area contributed by atoms with Crippen LogP contribution in [0, 0.1) is 11.8 Å². The molecule has 2 unspecified atom stereocenters. The molecule has 0 amide bonds. The number of hydrogen-bond acceptors (Lipinski definition) is 4. The zero-order valence-corrected chi connectivity index (χ0v) is 10.1. The Labute approximate surface area is 93.5 Å². The fraction of sp³-hybridized carbons (Fsp3) is 0.556. The summed E-state index contributed by atoms with van der Waals surface area (Å²) in [4.78, 5) is 0.